The first-order chi connectivity index (χ1) is 7.33. The SMILES string of the molecule is NCC(c1cccs1)C(O)c1ccoc1. The zero-order valence-electron chi connectivity index (χ0n) is 8.17. The minimum absolute atomic E-state index is 0.0531. The van der Waals surface area contributed by atoms with Gasteiger partial charge >= 0.3 is 0 Å². The van der Waals surface area contributed by atoms with E-state index >= 15 is 0 Å². The Labute approximate surface area is 92.2 Å². The first kappa shape index (κ1) is 10.4. The van der Waals surface area contributed by atoms with Gasteiger partial charge in [0.05, 0.1) is 18.6 Å². The van der Waals surface area contributed by atoms with Crippen molar-refractivity contribution >= 4 is 11.3 Å². The molecule has 0 spiro atoms. The van der Waals surface area contributed by atoms with Crippen molar-refractivity contribution in [3.8, 4) is 0 Å². The van der Waals surface area contributed by atoms with Crippen molar-refractivity contribution in [1.82, 2.24) is 0 Å². The third-order valence-corrected chi connectivity index (χ3v) is 3.43. The Kier molecular flexibility index (Phi) is 3.20. The van der Waals surface area contributed by atoms with E-state index in [4.69, 9.17) is 10.2 Å². The Bertz CT molecular complexity index is 383. The molecule has 4 heteroatoms. The number of aliphatic hydroxyl groups excluding tert-OH is 1. The monoisotopic (exact) mass is 223 g/mol. The lowest BCUT2D eigenvalue weighted by atomic mass is 9.96. The fourth-order valence-corrected chi connectivity index (χ4v) is 2.45. The van der Waals surface area contributed by atoms with Gasteiger partial charge in [-0.3, -0.25) is 0 Å². The number of hydrogen-bond donors (Lipinski definition) is 2. The van der Waals surface area contributed by atoms with Crippen molar-refractivity contribution < 1.29 is 9.52 Å². The Hall–Kier alpha value is -1.10. The van der Waals surface area contributed by atoms with E-state index in [1.807, 2.05) is 17.5 Å². The molecule has 0 aliphatic heterocycles. The second-order valence-electron chi connectivity index (χ2n) is 3.36. The molecular weight excluding hydrogens is 210 g/mol. The highest BCUT2D eigenvalue weighted by molar-refractivity contribution is 7.10. The van der Waals surface area contributed by atoms with Gasteiger partial charge in [-0.1, -0.05) is 6.07 Å². The van der Waals surface area contributed by atoms with Crippen molar-refractivity contribution in [2.45, 2.75) is 12.0 Å². The number of nitrogens with two attached hydrogens (primary N) is 1. The summed E-state index contributed by atoms with van der Waals surface area (Å²) in [7, 11) is 0. The van der Waals surface area contributed by atoms with Gasteiger partial charge in [0.25, 0.3) is 0 Å². The van der Waals surface area contributed by atoms with Crippen molar-refractivity contribution in [2.75, 3.05) is 6.54 Å². The van der Waals surface area contributed by atoms with Gasteiger partial charge in [0.15, 0.2) is 0 Å². The molecule has 0 saturated heterocycles. The number of furan rings is 1. The third-order valence-electron chi connectivity index (χ3n) is 2.43. The van der Waals surface area contributed by atoms with Crippen molar-refractivity contribution in [2.24, 2.45) is 5.73 Å². The summed E-state index contributed by atoms with van der Waals surface area (Å²) in [6, 6.07) is 5.72. The van der Waals surface area contributed by atoms with Crippen LogP contribution in [0.15, 0.2) is 40.5 Å². The molecule has 80 valence electrons. The van der Waals surface area contributed by atoms with E-state index in [-0.39, 0.29) is 5.92 Å². The van der Waals surface area contributed by atoms with E-state index < -0.39 is 6.10 Å². The number of aliphatic hydroxyl groups is 1. The molecule has 0 amide bonds. The molecule has 2 rings (SSSR count). The van der Waals surface area contributed by atoms with E-state index in [0.29, 0.717) is 6.54 Å². The van der Waals surface area contributed by atoms with E-state index in [1.54, 1.807) is 29.9 Å². The van der Waals surface area contributed by atoms with Gasteiger partial charge in [-0.25, -0.2) is 0 Å². The van der Waals surface area contributed by atoms with Crippen molar-refractivity contribution in [3.63, 3.8) is 0 Å². The van der Waals surface area contributed by atoms with Gasteiger partial charge in [0.1, 0.15) is 0 Å². The van der Waals surface area contributed by atoms with Crippen LogP contribution in [0.1, 0.15) is 22.5 Å². The molecule has 15 heavy (non-hydrogen) atoms. The molecule has 2 aromatic heterocycles. The fraction of sp³-hybridized carbons (Fsp3) is 0.273. The molecule has 0 radical (unpaired) electrons. The predicted octanol–water partition coefficient (Wildman–Crippen LogP) is 2.12. The Morgan fingerprint density at radius 1 is 1.47 bits per heavy atom. The molecule has 2 heterocycles. The van der Waals surface area contributed by atoms with Gasteiger partial charge in [-0.05, 0) is 17.5 Å². The lowest BCUT2D eigenvalue weighted by Gasteiger charge is -2.18. The first-order valence-corrected chi connectivity index (χ1v) is 5.64. The zero-order chi connectivity index (χ0) is 10.7. The van der Waals surface area contributed by atoms with Crippen LogP contribution >= 0.6 is 11.3 Å². The van der Waals surface area contributed by atoms with Crippen LogP contribution in [0.25, 0.3) is 0 Å². The summed E-state index contributed by atoms with van der Waals surface area (Å²) in [5.41, 5.74) is 6.46. The van der Waals surface area contributed by atoms with Crippen LogP contribution < -0.4 is 5.73 Å². The predicted molar refractivity (Wildman–Crippen MR) is 59.8 cm³/mol. The van der Waals surface area contributed by atoms with E-state index in [0.717, 1.165) is 10.4 Å². The second-order valence-corrected chi connectivity index (χ2v) is 4.34. The van der Waals surface area contributed by atoms with Crippen LogP contribution in [0, 0.1) is 0 Å². The Morgan fingerprint density at radius 3 is 2.87 bits per heavy atom. The summed E-state index contributed by atoms with van der Waals surface area (Å²) in [5, 5.41) is 12.1. The van der Waals surface area contributed by atoms with Gasteiger partial charge in [-0.15, -0.1) is 11.3 Å². The maximum absolute atomic E-state index is 10.1. The van der Waals surface area contributed by atoms with Crippen LogP contribution in [0.2, 0.25) is 0 Å². The highest BCUT2D eigenvalue weighted by Gasteiger charge is 2.22. The van der Waals surface area contributed by atoms with Gasteiger partial charge in [-0.2, -0.15) is 0 Å². The average Bonchev–Trinajstić information content (AvgIpc) is 2.91. The quantitative estimate of drug-likeness (QED) is 0.834. The van der Waals surface area contributed by atoms with Gasteiger partial charge in [0.2, 0.25) is 0 Å². The molecule has 2 unspecified atom stereocenters. The first-order valence-electron chi connectivity index (χ1n) is 4.76. The number of hydrogen-bond acceptors (Lipinski definition) is 4. The molecule has 0 aliphatic rings. The van der Waals surface area contributed by atoms with Crippen LogP contribution in [0.3, 0.4) is 0 Å². The molecule has 0 aliphatic carbocycles. The highest BCUT2D eigenvalue weighted by atomic mass is 32.1. The molecule has 0 saturated carbocycles. The Balaban J connectivity index is 2.21. The fourth-order valence-electron chi connectivity index (χ4n) is 1.58. The number of rotatable bonds is 4. The molecule has 0 bridgehead atoms. The van der Waals surface area contributed by atoms with Crippen molar-refractivity contribution in [3.05, 3.63) is 46.5 Å². The standard InChI is InChI=1S/C11H13NO2S/c12-6-9(10-2-1-5-15-10)11(13)8-3-4-14-7-8/h1-5,7,9,11,13H,6,12H2. The third kappa shape index (κ3) is 2.12. The average molecular weight is 223 g/mol. The molecule has 2 aromatic rings. The van der Waals surface area contributed by atoms with Crippen LogP contribution in [-0.4, -0.2) is 11.7 Å². The molecule has 3 N–H and O–H groups in total. The maximum atomic E-state index is 10.1. The zero-order valence-corrected chi connectivity index (χ0v) is 8.98. The van der Waals surface area contributed by atoms with E-state index in [9.17, 15) is 5.11 Å². The molecule has 2 atom stereocenters. The molecule has 0 aromatic carbocycles. The molecule has 0 fully saturated rings. The van der Waals surface area contributed by atoms with Crippen molar-refractivity contribution in [1.29, 1.82) is 0 Å². The highest BCUT2D eigenvalue weighted by Crippen LogP contribution is 2.32. The van der Waals surface area contributed by atoms with Gasteiger partial charge < -0.3 is 15.3 Å². The largest absolute Gasteiger partial charge is 0.472 e. The van der Waals surface area contributed by atoms with E-state index in [1.165, 1.54) is 0 Å². The summed E-state index contributed by atoms with van der Waals surface area (Å²) >= 11 is 1.61. The topological polar surface area (TPSA) is 59.4 Å². The second kappa shape index (κ2) is 4.61. The van der Waals surface area contributed by atoms with Crippen LogP contribution in [-0.2, 0) is 0 Å². The smallest absolute Gasteiger partial charge is 0.0960 e. The molecule has 3 nitrogen and oxygen atoms in total. The number of thiophene rings is 1. The summed E-state index contributed by atoms with van der Waals surface area (Å²) < 4.78 is 4.95. The van der Waals surface area contributed by atoms with Crippen LogP contribution in [0.5, 0.6) is 0 Å². The lowest BCUT2D eigenvalue weighted by molar-refractivity contribution is 0.148. The summed E-state index contributed by atoms with van der Waals surface area (Å²) in [6.07, 6.45) is 2.52. The normalized spacial score (nSPS) is 15.1. The molecular formula is C11H13NO2S. The van der Waals surface area contributed by atoms with Gasteiger partial charge in [0, 0.05) is 22.9 Å². The summed E-state index contributed by atoms with van der Waals surface area (Å²) in [6.45, 7) is 0.423. The summed E-state index contributed by atoms with van der Waals surface area (Å²) in [4.78, 5) is 1.10. The minimum atomic E-state index is -0.590. The minimum Gasteiger partial charge on any atom is -0.472 e. The Morgan fingerprint density at radius 2 is 2.33 bits per heavy atom. The maximum Gasteiger partial charge on any atom is 0.0960 e. The lowest BCUT2D eigenvalue weighted by Crippen LogP contribution is -2.18. The van der Waals surface area contributed by atoms with E-state index in [2.05, 4.69) is 0 Å². The van der Waals surface area contributed by atoms with Crippen LogP contribution in [0.4, 0.5) is 0 Å². The summed E-state index contributed by atoms with van der Waals surface area (Å²) in [5.74, 6) is -0.0531.